The number of amides is 1. The van der Waals surface area contributed by atoms with Crippen LogP contribution in [0.3, 0.4) is 0 Å². The maximum atomic E-state index is 13.0. The third-order valence-electron chi connectivity index (χ3n) is 4.18. The summed E-state index contributed by atoms with van der Waals surface area (Å²) in [7, 11) is 0. The van der Waals surface area contributed by atoms with Crippen LogP contribution in [0.1, 0.15) is 28.1 Å². The van der Waals surface area contributed by atoms with Crippen molar-refractivity contribution in [3.8, 4) is 6.07 Å². The molecule has 3 aromatic rings. The molecule has 5 heteroatoms. The molecule has 0 unspecified atom stereocenters. The van der Waals surface area contributed by atoms with Crippen LogP contribution in [-0.2, 0) is 0 Å². The van der Waals surface area contributed by atoms with Gasteiger partial charge in [0.1, 0.15) is 5.58 Å². The number of benzene rings is 2. The Labute approximate surface area is 151 Å². The smallest absolute Gasteiger partial charge is 0.294 e. The molecule has 0 atom stereocenters. The second kappa shape index (κ2) is 7.00. The molecule has 0 aliphatic rings. The lowest BCUT2D eigenvalue weighted by Crippen LogP contribution is -2.31. The summed E-state index contributed by atoms with van der Waals surface area (Å²) >= 11 is 5.99. The van der Waals surface area contributed by atoms with Gasteiger partial charge in [0.15, 0.2) is 5.76 Å². The van der Waals surface area contributed by atoms with Crippen molar-refractivity contribution in [1.29, 1.82) is 5.26 Å². The van der Waals surface area contributed by atoms with Crippen LogP contribution in [0.15, 0.2) is 46.9 Å². The van der Waals surface area contributed by atoms with Gasteiger partial charge < -0.3 is 9.32 Å². The van der Waals surface area contributed by atoms with E-state index in [2.05, 4.69) is 6.07 Å². The van der Waals surface area contributed by atoms with Crippen LogP contribution >= 0.6 is 11.6 Å². The molecule has 0 aliphatic heterocycles. The van der Waals surface area contributed by atoms with Crippen LogP contribution < -0.4 is 4.90 Å². The van der Waals surface area contributed by atoms with Crippen molar-refractivity contribution in [3.05, 3.63) is 64.4 Å². The molecule has 126 valence electrons. The minimum atomic E-state index is -0.272. The molecule has 0 fully saturated rings. The number of carbonyl (C=O) groups excluding carboxylic acids is 1. The van der Waals surface area contributed by atoms with E-state index in [0.717, 1.165) is 22.2 Å². The monoisotopic (exact) mass is 352 g/mol. The summed E-state index contributed by atoms with van der Waals surface area (Å²) in [5.74, 6) is -0.0424. The Kier molecular flexibility index (Phi) is 4.78. The van der Waals surface area contributed by atoms with Crippen molar-refractivity contribution < 1.29 is 9.21 Å². The van der Waals surface area contributed by atoms with Crippen molar-refractivity contribution in [2.45, 2.75) is 20.3 Å². The number of carbonyl (C=O) groups is 1. The average Bonchev–Trinajstić information content (AvgIpc) is 3.01. The van der Waals surface area contributed by atoms with Crippen molar-refractivity contribution in [1.82, 2.24) is 0 Å². The van der Waals surface area contributed by atoms with Crippen molar-refractivity contribution in [2.75, 3.05) is 11.4 Å². The van der Waals surface area contributed by atoms with E-state index in [9.17, 15) is 4.79 Å². The highest BCUT2D eigenvalue weighted by Crippen LogP contribution is 2.26. The fourth-order valence-corrected chi connectivity index (χ4v) is 2.84. The number of hydrogen-bond acceptors (Lipinski definition) is 3. The van der Waals surface area contributed by atoms with Crippen molar-refractivity contribution in [2.24, 2.45) is 0 Å². The summed E-state index contributed by atoms with van der Waals surface area (Å²) in [6.07, 6.45) is 0.241. The summed E-state index contributed by atoms with van der Waals surface area (Å²) in [6, 6.07) is 14.8. The van der Waals surface area contributed by atoms with E-state index in [1.165, 1.54) is 0 Å². The molecule has 0 radical (unpaired) electrons. The Morgan fingerprint density at radius 1 is 1.16 bits per heavy atom. The lowest BCUT2D eigenvalue weighted by atomic mass is 10.1. The zero-order valence-electron chi connectivity index (χ0n) is 14.0. The number of furan rings is 1. The molecule has 0 saturated heterocycles. The van der Waals surface area contributed by atoms with Gasteiger partial charge in [-0.1, -0.05) is 17.7 Å². The number of rotatable bonds is 4. The van der Waals surface area contributed by atoms with Crippen molar-refractivity contribution in [3.63, 3.8) is 0 Å². The first-order valence-electron chi connectivity index (χ1n) is 7.95. The summed E-state index contributed by atoms with van der Waals surface area (Å²) in [4.78, 5) is 14.6. The highest BCUT2D eigenvalue weighted by atomic mass is 35.5. The molecule has 1 heterocycles. The van der Waals surface area contributed by atoms with Gasteiger partial charge in [-0.3, -0.25) is 4.79 Å². The molecule has 0 spiro atoms. The molecule has 1 aromatic heterocycles. The summed E-state index contributed by atoms with van der Waals surface area (Å²) < 4.78 is 5.69. The molecule has 0 aliphatic carbocycles. The zero-order chi connectivity index (χ0) is 18.0. The fourth-order valence-electron chi connectivity index (χ4n) is 2.66. The maximum absolute atomic E-state index is 13.0. The minimum absolute atomic E-state index is 0.230. The normalized spacial score (nSPS) is 10.6. The van der Waals surface area contributed by atoms with Crippen LogP contribution in [0.2, 0.25) is 5.02 Å². The molecular formula is C20H17ClN2O2. The zero-order valence-corrected chi connectivity index (χ0v) is 14.8. The van der Waals surface area contributed by atoms with E-state index in [1.807, 2.05) is 32.0 Å². The summed E-state index contributed by atoms with van der Waals surface area (Å²) in [5, 5.41) is 10.3. The Morgan fingerprint density at radius 3 is 2.68 bits per heavy atom. The third-order valence-corrected chi connectivity index (χ3v) is 4.42. The Balaban J connectivity index is 2.00. The predicted octanol–water partition coefficient (Wildman–Crippen LogP) is 5.26. The highest BCUT2D eigenvalue weighted by molar-refractivity contribution is 6.31. The maximum Gasteiger partial charge on any atom is 0.294 e. The SMILES string of the molecule is Cc1ccc(N(CCC#N)C(=O)c2cc3cc(Cl)ccc3o2)cc1C. The third kappa shape index (κ3) is 3.52. The van der Waals surface area contributed by atoms with Gasteiger partial charge in [-0.15, -0.1) is 0 Å². The molecule has 4 nitrogen and oxygen atoms in total. The van der Waals surface area contributed by atoms with Gasteiger partial charge in [0.05, 0.1) is 12.5 Å². The lowest BCUT2D eigenvalue weighted by Gasteiger charge is -2.21. The first kappa shape index (κ1) is 17.1. The Morgan fingerprint density at radius 2 is 1.96 bits per heavy atom. The van der Waals surface area contributed by atoms with E-state index >= 15 is 0 Å². The minimum Gasteiger partial charge on any atom is -0.451 e. The van der Waals surface area contributed by atoms with Gasteiger partial charge in [0, 0.05) is 22.6 Å². The van der Waals surface area contributed by atoms with Crippen molar-refractivity contribution >= 4 is 34.2 Å². The molecular weight excluding hydrogens is 336 g/mol. The molecule has 2 aromatic carbocycles. The molecule has 0 saturated carbocycles. The second-order valence-corrected chi connectivity index (χ2v) is 6.36. The molecule has 0 N–H and O–H groups in total. The van der Waals surface area contributed by atoms with E-state index in [4.69, 9.17) is 21.3 Å². The fraction of sp³-hybridized carbons (Fsp3) is 0.200. The Hall–Kier alpha value is -2.77. The van der Waals surface area contributed by atoms with Gasteiger partial charge >= 0.3 is 0 Å². The Bertz CT molecular complexity index is 985. The van der Waals surface area contributed by atoms with Gasteiger partial charge in [-0.05, 0) is 61.4 Å². The van der Waals surface area contributed by atoms with Gasteiger partial charge in [-0.2, -0.15) is 5.26 Å². The summed E-state index contributed by atoms with van der Waals surface area (Å²) in [6.45, 7) is 4.31. The van der Waals surface area contributed by atoms with Gasteiger partial charge in [0.25, 0.3) is 5.91 Å². The van der Waals surface area contributed by atoms with Crippen LogP contribution in [-0.4, -0.2) is 12.5 Å². The van der Waals surface area contributed by atoms with E-state index in [0.29, 0.717) is 17.2 Å². The number of hydrogen-bond donors (Lipinski definition) is 0. The number of aryl methyl sites for hydroxylation is 2. The van der Waals surface area contributed by atoms with E-state index in [1.54, 1.807) is 29.2 Å². The average molecular weight is 353 g/mol. The van der Waals surface area contributed by atoms with Gasteiger partial charge in [-0.25, -0.2) is 0 Å². The summed E-state index contributed by atoms with van der Waals surface area (Å²) in [5.41, 5.74) is 3.59. The topological polar surface area (TPSA) is 57.2 Å². The first-order chi connectivity index (χ1) is 12.0. The molecule has 0 bridgehead atoms. The standard InChI is InChI=1S/C20H17ClN2O2/c1-13-4-6-17(10-14(13)2)23(9-3-8-22)20(24)19-12-15-11-16(21)5-7-18(15)25-19/h4-7,10-12H,3,9H2,1-2H3. The molecule has 25 heavy (non-hydrogen) atoms. The number of anilines is 1. The van der Waals surface area contributed by atoms with Crippen LogP contribution in [0, 0.1) is 25.2 Å². The van der Waals surface area contributed by atoms with E-state index in [-0.39, 0.29) is 18.1 Å². The van der Waals surface area contributed by atoms with Crippen LogP contribution in [0.25, 0.3) is 11.0 Å². The highest BCUT2D eigenvalue weighted by Gasteiger charge is 2.21. The van der Waals surface area contributed by atoms with E-state index < -0.39 is 0 Å². The van der Waals surface area contributed by atoms with Crippen LogP contribution in [0.5, 0.6) is 0 Å². The molecule has 1 amide bonds. The number of nitriles is 1. The number of halogens is 1. The first-order valence-corrected chi connectivity index (χ1v) is 8.32. The second-order valence-electron chi connectivity index (χ2n) is 5.93. The lowest BCUT2D eigenvalue weighted by molar-refractivity contribution is 0.0963. The van der Waals surface area contributed by atoms with Gasteiger partial charge in [0.2, 0.25) is 0 Å². The predicted molar refractivity (Wildman–Crippen MR) is 99.0 cm³/mol. The number of fused-ring (bicyclic) bond motifs is 1. The van der Waals surface area contributed by atoms with Crippen LogP contribution in [0.4, 0.5) is 5.69 Å². The molecule has 3 rings (SSSR count). The largest absolute Gasteiger partial charge is 0.451 e. The quantitative estimate of drug-likeness (QED) is 0.643. The number of nitrogens with zero attached hydrogens (tertiary/aromatic N) is 2.